The van der Waals surface area contributed by atoms with Crippen LogP contribution in [0.15, 0.2) is 28.7 Å². The van der Waals surface area contributed by atoms with Gasteiger partial charge in [0.2, 0.25) is 0 Å². The third-order valence-electron chi connectivity index (χ3n) is 3.02. The number of carbonyl (C=O) groups excluding carboxylic acids is 1. The Morgan fingerprint density at radius 2 is 2.22 bits per heavy atom. The number of benzene rings is 1. The molecule has 1 heterocycles. The Balaban J connectivity index is 2.24. The smallest absolute Gasteiger partial charge is 0.253 e. The monoisotopic (exact) mass is 312 g/mol. The summed E-state index contributed by atoms with van der Waals surface area (Å²) in [5.74, 6) is 0.00942. The van der Waals surface area contributed by atoms with E-state index < -0.39 is 0 Å². The largest absolute Gasteiger partial charge is 0.369 e. The average molecular weight is 313 g/mol. The van der Waals surface area contributed by atoms with Crippen LogP contribution in [0.2, 0.25) is 0 Å². The highest BCUT2D eigenvalue weighted by Gasteiger charge is 2.30. The minimum atomic E-state index is 0.00942. The zero-order valence-corrected chi connectivity index (χ0v) is 11.7. The van der Waals surface area contributed by atoms with Crippen molar-refractivity contribution in [3.05, 3.63) is 28.7 Å². The molecule has 1 aliphatic rings. The van der Waals surface area contributed by atoms with E-state index in [9.17, 15) is 4.79 Å². The maximum Gasteiger partial charge on any atom is 0.253 e. The number of halogens is 1. The zero-order chi connectivity index (χ0) is 13.0. The van der Waals surface area contributed by atoms with Gasteiger partial charge >= 0.3 is 0 Å². The van der Waals surface area contributed by atoms with Crippen molar-refractivity contribution in [3.8, 4) is 0 Å². The molecule has 1 aliphatic heterocycles. The molecule has 0 spiro atoms. The summed E-state index contributed by atoms with van der Waals surface area (Å²) in [5, 5.41) is 0. The number of nitrogens with two attached hydrogens (primary N) is 1. The molecule has 1 aromatic carbocycles. The van der Waals surface area contributed by atoms with Gasteiger partial charge in [-0.2, -0.15) is 0 Å². The molecule has 0 saturated carbocycles. The Labute approximate surface area is 115 Å². The number of anilines is 1. The van der Waals surface area contributed by atoms with Crippen LogP contribution < -0.4 is 10.6 Å². The highest BCUT2D eigenvalue weighted by atomic mass is 79.9. The minimum Gasteiger partial charge on any atom is -0.369 e. The fraction of sp³-hybridized carbons (Fsp3) is 0.462. The Hall–Kier alpha value is -0.910. The van der Waals surface area contributed by atoms with Crippen molar-refractivity contribution in [2.75, 3.05) is 24.7 Å². The highest BCUT2D eigenvalue weighted by molar-refractivity contribution is 9.10. The molecule has 1 saturated heterocycles. The van der Waals surface area contributed by atoms with Crippen LogP contribution in [-0.4, -0.2) is 31.7 Å². The van der Waals surface area contributed by atoms with Crippen molar-refractivity contribution in [3.63, 3.8) is 0 Å². The molecular formula is C13H17BrN2O2. The van der Waals surface area contributed by atoms with Gasteiger partial charge in [-0.05, 0) is 47.4 Å². The first-order valence-corrected chi connectivity index (χ1v) is 6.87. The quantitative estimate of drug-likeness (QED) is 0.924. The zero-order valence-electron chi connectivity index (χ0n) is 10.1. The average Bonchev–Trinajstić information content (AvgIpc) is 2.38. The van der Waals surface area contributed by atoms with E-state index in [2.05, 4.69) is 15.9 Å². The summed E-state index contributed by atoms with van der Waals surface area (Å²) in [6.45, 7) is 1.36. The van der Waals surface area contributed by atoms with Crippen LogP contribution >= 0.6 is 15.9 Å². The van der Waals surface area contributed by atoms with Crippen LogP contribution in [0.4, 0.5) is 5.69 Å². The lowest BCUT2D eigenvalue weighted by atomic mass is 10.1. The van der Waals surface area contributed by atoms with Crippen LogP contribution in [-0.2, 0) is 9.53 Å². The molecule has 0 radical (unpaired) electrons. The standard InChI is InChI=1S/C13H17BrN2O2/c14-11-5-1-2-6-12(11)16-10(4-3-7-15)8-18-9-13(16)17/h1-2,5-6,10H,3-4,7-9,15H2. The molecule has 1 unspecified atom stereocenters. The Bertz CT molecular complexity index is 425. The number of hydrogen-bond acceptors (Lipinski definition) is 3. The van der Waals surface area contributed by atoms with Crippen molar-refractivity contribution in [1.82, 2.24) is 0 Å². The lowest BCUT2D eigenvalue weighted by molar-refractivity contribution is -0.127. The van der Waals surface area contributed by atoms with Crippen LogP contribution in [0, 0.1) is 0 Å². The first-order chi connectivity index (χ1) is 8.74. The van der Waals surface area contributed by atoms with Crippen molar-refractivity contribution in [2.24, 2.45) is 5.73 Å². The van der Waals surface area contributed by atoms with Crippen molar-refractivity contribution < 1.29 is 9.53 Å². The number of hydrogen-bond donors (Lipinski definition) is 1. The molecule has 1 atom stereocenters. The van der Waals surface area contributed by atoms with Gasteiger partial charge in [0.15, 0.2) is 0 Å². The fourth-order valence-corrected chi connectivity index (χ4v) is 2.65. The van der Waals surface area contributed by atoms with Crippen molar-refractivity contribution in [2.45, 2.75) is 18.9 Å². The first-order valence-electron chi connectivity index (χ1n) is 6.08. The van der Waals surface area contributed by atoms with E-state index in [1.807, 2.05) is 29.2 Å². The maximum absolute atomic E-state index is 12.1. The highest BCUT2D eigenvalue weighted by Crippen LogP contribution is 2.30. The summed E-state index contributed by atoms with van der Waals surface area (Å²) in [6.07, 6.45) is 1.76. The van der Waals surface area contributed by atoms with Gasteiger partial charge in [0.1, 0.15) is 6.61 Å². The Morgan fingerprint density at radius 1 is 1.44 bits per heavy atom. The third-order valence-corrected chi connectivity index (χ3v) is 3.69. The van der Waals surface area contributed by atoms with Crippen LogP contribution in [0.3, 0.4) is 0 Å². The minimum absolute atomic E-state index is 0.00942. The summed E-state index contributed by atoms with van der Waals surface area (Å²) in [5.41, 5.74) is 6.45. The molecule has 1 fully saturated rings. The molecule has 2 N–H and O–H groups in total. The van der Waals surface area contributed by atoms with Gasteiger partial charge in [0.25, 0.3) is 5.91 Å². The second-order valence-electron chi connectivity index (χ2n) is 4.32. The van der Waals surface area contributed by atoms with Gasteiger partial charge in [-0.15, -0.1) is 0 Å². The van der Waals surface area contributed by atoms with Gasteiger partial charge in [-0.1, -0.05) is 12.1 Å². The molecule has 0 aromatic heterocycles. The summed E-state index contributed by atoms with van der Waals surface area (Å²) >= 11 is 3.50. The molecule has 0 aliphatic carbocycles. The lowest BCUT2D eigenvalue weighted by Crippen LogP contribution is -2.50. The first kappa shape index (κ1) is 13.5. The maximum atomic E-state index is 12.1. The van der Waals surface area contributed by atoms with Gasteiger partial charge in [0.05, 0.1) is 18.3 Å². The molecule has 18 heavy (non-hydrogen) atoms. The van der Waals surface area contributed by atoms with E-state index in [1.54, 1.807) is 0 Å². The summed E-state index contributed by atoms with van der Waals surface area (Å²) < 4.78 is 6.26. The summed E-state index contributed by atoms with van der Waals surface area (Å²) in [4.78, 5) is 13.9. The van der Waals surface area contributed by atoms with Crippen molar-refractivity contribution >= 4 is 27.5 Å². The molecule has 1 amide bonds. The number of para-hydroxylation sites is 1. The number of amides is 1. The number of rotatable bonds is 4. The molecule has 4 nitrogen and oxygen atoms in total. The van der Waals surface area contributed by atoms with E-state index in [1.165, 1.54) is 0 Å². The molecule has 98 valence electrons. The predicted molar refractivity (Wildman–Crippen MR) is 74.5 cm³/mol. The Kier molecular flexibility index (Phi) is 4.74. The predicted octanol–water partition coefficient (Wildman–Crippen LogP) is 1.92. The van der Waals surface area contributed by atoms with Gasteiger partial charge < -0.3 is 15.4 Å². The molecule has 0 bridgehead atoms. The molecular weight excluding hydrogens is 296 g/mol. The topological polar surface area (TPSA) is 55.6 Å². The normalized spacial score (nSPS) is 20.2. The summed E-state index contributed by atoms with van der Waals surface area (Å²) in [7, 11) is 0. The summed E-state index contributed by atoms with van der Waals surface area (Å²) in [6, 6.07) is 7.84. The Morgan fingerprint density at radius 3 is 2.94 bits per heavy atom. The molecule has 2 rings (SSSR count). The number of ether oxygens (including phenoxy) is 1. The van der Waals surface area contributed by atoms with E-state index in [4.69, 9.17) is 10.5 Å². The second-order valence-corrected chi connectivity index (χ2v) is 5.17. The van der Waals surface area contributed by atoms with Gasteiger partial charge in [-0.25, -0.2) is 0 Å². The lowest BCUT2D eigenvalue weighted by Gasteiger charge is -2.36. The van der Waals surface area contributed by atoms with E-state index in [0.717, 1.165) is 23.0 Å². The fourth-order valence-electron chi connectivity index (χ4n) is 2.17. The third kappa shape index (κ3) is 2.91. The van der Waals surface area contributed by atoms with Gasteiger partial charge in [0, 0.05) is 4.47 Å². The number of morpholine rings is 1. The van der Waals surface area contributed by atoms with Gasteiger partial charge in [-0.3, -0.25) is 4.79 Å². The number of carbonyl (C=O) groups is 1. The molecule has 1 aromatic rings. The number of nitrogens with zero attached hydrogens (tertiary/aromatic N) is 1. The van der Waals surface area contributed by atoms with E-state index in [-0.39, 0.29) is 18.6 Å². The van der Waals surface area contributed by atoms with Crippen LogP contribution in [0.5, 0.6) is 0 Å². The van der Waals surface area contributed by atoms with E-state index in [0.29, 0.717) is 13.2 Å². The second kappa shape index (κ2) is 6.31. The van der Waals surface area contributed by atoms with E-state index >= 15 is 0 Å². The van der Waals surface area contributed by atoms with Crippen LogP contribution in [0.25, 0.3) is 0 Å². The molecule has 5 heteroatoms. The van der Waals surface area contributed by atoms with Crippen LogP contribution in [0.1, 0.15) is 12.8 Å². The SMILES string of the molecule is NCCCC1COCC(=O)N1c1ccccc1Br. The van der Waals surface area contributed by atoms with Crippen molar-refractivity contribution in [1.29, 1.82) is 0 Å².